The van der Waals surface area contributed by atoms with Crippen LogP contribution in [-0.2, 0) is 17.6 Å². The highest BCUT2D eigenvalue weighted by Gasteiger charge is 2.27. The number of hydrogen-bond acceptors (Lipinski definition) is 6. The van der Waals surface area contributed by atoms with Crippen molar-refractivity contribution in [3.8, 4) is 11.5 Å². The quantitative estimate of drug-likeness (QED) is 0.716. The van der Waals surface area contributed by atoms with E-state index in [9.17, 15) is 9.59 Å². The largest absolute Gasteiger partial charge is 0.493 e. The van der Waals surface area contributed by atoms with Crippen molar-refractivity contribution in [1.29, 1.82) is 0 Å². The number of carbonyl (C=O) groups excluding carboxylic acids is 1. The van der Waals surface area contributed by atoms with Crippen LogP contribution in [0.25, 0.3) is 0 Å². The van der Waals surface area contributed by atoms with E-state index in [-0.39, 0.29) is 23.2 Å². The lowest BCUT2D eigenvalue weighted by molar-refractivity contribution is -0.126. The van der Waals surface area contributed by atoms with Crippen molar-refractivity contribution in [3.63, 3.8) is 0 Å². The van der Waals surface area contributed by atoms with Crippen molar-refractivity contribution in [1.82, 2.24) is 15.3 Å². The molecule has 2 heterocycles. The van der Waals surface area contributed by atoms with Crippen molar-refractivity contribution >= 4 is 11.7 Å². The van der Waals surface area contributed by atoms with Gasteiger partial charge in [-0.25, -0.2) is 4.98 Å². The number of aromatic amines is 1. The molecule has 3 rings (SSSR count). The molecule has 0 saturated carbocycles. The number of ether oxygens (including phenoxy) is 2. The Hall–Kier alpha value is -3.03. The molecule has 2 aromatic rings. The fourth-order valence-corrected chi connectivity index (χ4v) is 2.82. The number of hydrogen-bond donors (Lipinski definition) is 3. The van der Waals surface area contributed by atoms with Gasteiger partial charge in [0, 0.05) is 19.0 Å². The number of amides is 1. The minimum Gasteiger partial charge on any atom is -0.493 e. The first-order valence-corrected chi connectivity index (χ1v) is 7.99. The zero-order valence-corrected chi connectivity index (χ0v) is 13.9. The van der Waals surface area contributed by atoms with Crippen LogP contribution in [0.3, 0.4) is 0 Å². The highest BCUT2D eigenvalue weighted by molar-refractivity contribution is 5.79. The first kappa shape index (κ1) is 16.8. The molecular formula is C17H20N4O4. The van der Waals surface area contributed by atoms with Gasteiger partial charge in [0.25, 0.3) is 5.56 Å². The molecule has 1 atom stereocenters. The number of nitrogens with two attached hydrogens (primary N) is 1. The van der Waals surface area contributed by atoms with Crippen LogP contribution < -0.4 is 26.1 Å². The van der Waals surface area contributed by atoms with E-state index in [0.29, 0.717) is 43.3 Å². The van der Waals surface area contributed by atoms with Crippen LogP contribution in [-0.4, -0.2) is 36.1 Å². The highest BCUT2D eigenvalue weighted by Crippen LogP contribution is 2.35. The molecule has 0 aliphatic carbocycles. The Morgan fingerprint density at radius 1 is 1.52 bits per heavy atom. The molecule has 0 spiro atoms. The molecule has 1 aliphatic rings. The summed E-state index contributed by atoms with van der Waals surface area (Å²) in [4.78, 5) is 30.3. The van der Waals surface area contributed by atoms with E-state index in [1.165, 1.54) is 6.07 Å². The second kappa shape index (κ2) is 7.25. The molecule has 1 aromatic carbocycles. The molecule has 132 valence electrons. The third-order valence-corrected chi connectivity index (χ3v) is 4.02. The van der Waals surface area contributed by atoms with Gasteiger partial charge in [0.05, 0.1) is 13.0 Å². The molecular weight excluding hydrogens is 324 g/mol. The van der Waals surface area contributed by atoms with E-state index >= 15 is 0 Å². The summed E-state index contributed by atoms with van der Waals surface area (Å²) in [6, 6.07) is 6.85. The second-order valence-corrected chi connectivity index (χ2v) is 5.82. The number of H-pyrrole nitrogens is 1. The van der Waals surface area contributed by atoms with Crippen molar-refractivity contribution < 1.29 is 14.3 Å². The van der Waals surface area contributed by atoms with Crippen LogP contribution in [0.2, 0.25) is 0 Å². The zero-order valence-electron chi connectivity index (χ0n) is 13.9. The van der Waals surface area contributed by atoms with Crippen molar-refractivity contribution in [2.75, 3.05) is 26.0 Å². The number of carbonyl (C=O) groups is 1. The van der Waals surface area contributed by atoms with Crippen LogP contribution in [0, 0.1) is 5.92 Å². The van der Waals surface area contributed by atoms with Gasteiger partial charge >= 0.3 is 0 Å². The summed E-state index contributed by atoms with van der Waals surface area (Å²) in [6.07, 6.45) is 0.982. The molecule has 1 aliphatic heterocycles. The average molecular weight is 344 g/mol. The molecule has 0 bridgehead atoms. The average Bonchev–Trinajstić information content (AvgIpc) is 2.59. The van der Waals surface area contributed by atoms with Gasteiger partial charge in [0.15, 0.2) is 11.5 Å². The van der Waals surface area contributed by atoms with Crippen LogP contribution in [0.15, 0.2) is 29.1 Å². The summed E-state index contributed by atoms with van der Waals surface area (Å²) in [7, 11) is 1.59. The van der Waals surface area contributed by atoms with E-state index in [1.54, 1.807) is 7.11 Å². The van der Waals surface area contributed by atoms with E-state index in [0.717, 1.165) is 5.56 Å². The fraction of sp³-hybridized carbons (Fsp3) is 0.353. The molecule has 4 N–H and O–H groups in total. The Morgan fingerprint density at radius 3 is 3.12 bits per heavy atom. The Morgan fingerprint density at radius 2 is 2.36 bits per heavy atom. The van der Waals surface area contributed by atoms with Gasteiger partial charge in [0.2, 0.25) is 5.91 Å². The number of benzene rings is 1. The van der Waals surface area contributed by atoms with Gasteiger partial charge in [-0.15, -0.1) is 0 Å². The maximum atomic E-state index is 12.3. The number of anilines is 1. The monoisotopic (exact) mass is 344 g/mol. The van der Waals surface area contributed by atoms with Gasteiger partial charge in [-0.2, -0.15) is 0 Å². The van der Waals surface area contributed by atoms with Crippen molar-refractivity contribution in [3.05, 3.63) is 46.0 Å². The number of para-hydroxylation sites is 1. The number of aromatic nitrogens is 2. The molecule has 0 saturated heterocycles. The zero-order chi connectivity index (χ0) is 17.8. The van der Waals surface area contributed by atoms with E-state index in [2.05, 4.69) is 15.3 Å². The normalized spacial score (nSPS) is 15.8. The van der Waals surface area contributed by atoms with Crippen LogP contribution >= 0.6 is 0 Å². The van der Waals surface area contributed by atoms with Crippen molar-refractivity contribution in [2.24, 2.45) is 5.92 Å². The Labute approximate surface area is 144 Å². The predicted molar refractivity (Wildman–Crippen MR) is 91.7 cm³/mol. The van der Waals surface area contributed by atoms with Crippen molar-refractivity contribution in [2.45, 2.75) is 12.8 Å². The lowest BCUT2D eigenvalue weighted by atomic mass is 9.95. The smallest absolute Gasteiger partial charge is 0.252 e. The first-order chi connectivity index (χ1) is 12.1. The van der Waals surface area contributed by atoms with Crippen LogP contribution in [0.1, 0.15) is 11.4 Å². The summed E-state index contributed by atoms with van der Waals surface area (Å²) in [5, 5.41) is 2.85. The minimum atomic E-state index is -0.305. The third kappa shape index (κ3) is 3.90. The van der Waals surface area contributed by atoms with Gasteiger partial charge in [-0.1, -0.05) is 12.1 Å². The highest BCUT2D eigenvalue weighted by atomic mass is 16.5. The summed E-state index contributed by atoms with van der Waals surface area (Å²) >= 11 is 0. The number of nitrogens with one attached hydrogen (secondary N) is 2. The lowest BCUT2D eigenvalue weighted by Crippen LogP contribution is -2.38. The summed E-state index contributed by atoms with van der Waals surface area (Å²) in [5.74, 6) is 1.62. The summed E-state index contributed by atoms with van der Waals surface area (Å²) in [5.41, 5.74) is 6.18. The standard InChI is InChI=1S/C17H20N4O4/c1-24-12-4-2-3-10-7-11(9-25-16(10)12)17(23)19-6-5-14-20-13(18)8-15(22)21-14/h2-4,8,11H,5-7,9H2,1H3,(H,19,23)(H3,18,20,21,22). The Kier molecular flexibility index (Phi) is 4.87. The van der Waals surface area contributed by atoms with Gasteiger partial charge in [0.1, 0.15) is 18.2 Å². The summed E-state index contributed by atoms with van der Waals surface area (Å²) < 4.78 is 11.0. The molecule has 1 amide bonds. The molecule has 8 heteroatoms. The Bertz CT molecular complexity index is 834. The lowest BCUT2D eigenvalue weighted by Gasteiger charge is -2.25. The van der Waals surface area contributed by atoms with Crippen LogP contribution in [0.5, 0.6) is 11.5 Å². The minimum absolute atomic E-state index is 0.0975. The van der Waals surface area contributed by atoms with Crippen LogP contribution in [0.4, 0.5) is 5.82 Å². The number of fused-ring (bicyclic) bond motifs is 1. The molecule has 1 aromatic heterocycles. The second-order valence-electron chi connectivity index (χ2n) is 5.82. The summed E-state index contributed by atoms with van der Waals surface area (Å²) in [6.45, 7) is 0.652. The van der Waals surface area contributed by atoms with E-state index in [4.69, 9.17) is 15.2 Å². The molecule has 1 unspecified atom stereocenters. The maximum Gasteiger partial charge on any atom is 0.252 e. The number of nitrogens with zero attached hydrogens (tertiary/aromatic N) is 1. The topological polar surface area (TPSA) is 119 Å². The molecule has 8 nitrogen and oxygen atoms in total. The molecule has 0 radical (unpaired) electrons. The van der Waals surface area contributed by atoms with Gasteiger partial charge in [-0.05, 0) is 18.1 Å². The molecule has 0 fully saturated rings. The van der Waals surface area contributed by atoms with E-state index in [1.807, 2.05) is 18.2 Å². The first-order valence-electron chi connectivity index (χ1n) is 7.99. The fourth-order valence-electron chi connectivity index (χ4n) is 2.82. The molecule has 25 heavy (non-hydrogen) atoms. The van der Waals surface area contributed by atoms with E-state index < -0.39 is 0 Å². The van der Waals surface area contributed by atoms with Gasteiger partial charge in [-0.3, -0.25) is 9.59 Å². The Balaban J connectivity index is 1.56. The maximum absolute atomic E-state index is 12.3. The number of nitrogen functional groups attached to an aromatic ring is 1. The predicted octanol–water partition coefficient (Wildman–Crippen LogP) is 0.271. The number of rotatable bonds is 5. The SMILES string of the molecule is COc1cccc2c1OCC(C(=O)NCCc1nc(N)cc(=O)[nH]1)C2. The third-order valence-electron chi connectivity index (χ3n) is 4.02. The number of methoxy groups -OCH3 is 1. The van der Waals surface area contributed by atoms with Gasteiger partial charge < -0.3 is 25.5 Å².